The maximum absolute atomic E-state index is 13.9. The van der Waals surface area contributed by atoms with E-state index in [0.29, 0.717) is 46.8 Å². The lowest BCUT2D eigenvalue weighted by Gasteiger charge is -2.23. The summed E-state index contributed by atoms with van der Waals surface area (Å²) in [6.07, 6.45) is 9.27. The summed E-state index contributed by atoms with van der Waals surface area (Å²) < 4.78 is 11.7. The van der Waals surface area contributed by atoms with E-state index < -0.39 is 0 Å². The fourth-order valence-corrected chi connectivity index (χ4v) is 5.47. The van der Waals surface area contributed by atoms with Crippen LogP contribution in [-0.2, 0) is 0 Å². The highest BCUT2D eigenvalue weighted by molar-refractivity contribution is 6.32. The number of carbonyl (C=O) groups is 2. The second kappa shape index (κ2) is 15.2. The summed E-state index contributed by atoms with van der Waals surface area (Å²) in [6, 6.07) is 26.1. The number of carbonyl (C=O) groups excluding carboxylic acids is 2. The van der Waals surface area contributed by atoms with Crippen LogP contribution < -0.4 is 20.1 Å². The molecule has 6 heteroatoms. The number of rotatable bonds is 16. The van der Waals surface area contributed by atoms with Crippen LogP contribution in [-0.4, -0.2) is 24.8 Å². The van der Waals surface area contributed by atoms with Crippen LogP contribution >= 0.6 is 0 Å². The topological polar surface area (TPSA) is 76.7 Å². The van der Waals surface area contributed by atoms with Crippen molar-refractivity contribution >= 4 is 34.3 Å². The fourth-order valence-electron chi connectivity index (χ4n) is 5.47. The Hall–Kier alpha value is -4.58. The average molecular weight is 591 g/mol. The van der Waals surface area contributed by atoms with Gasteiger partial charge in [-0.25, -0.2) is 0 Å². The van der Waals surface area contributed by atoms with Crippen molar-refractivity contribution in [1.82, 2.24) is 0 Å². The Morgan fingerprint density at radius 1 is 0.500 bits per heavy atom. The molecule has 0 bridgehead atoms. The number of benzene rings is 4. The zero-order valence-corrected chi connectivity index (χ0v) is 25.8. The number of ketones is 2. The third-order valence-corrected chi connectivity index (χ3v) is 7.87. The molecule has 6 nitrogen and oxygen atoms in total. The average Bonchev–Trinajstić information content (AvgIpc) is 3.05. The van der Waals surface area contributed by atoms with E-state index in [2.05, 4.69) is 24.5 Å². The van der Waals surface area contributed by atoms with E-state index in [4.69, 9.17) is 9.47 Å². The van der Waals surface area contributed by atoms with Gasteiger partial charge in [-0.05, 0) is 73.5 Å². The zero-order chi connectivity index (χ0) is 30.7. The highest BCUT2D eigenvalue weighted by atomic mass is 16.5. The molecule has 0 heterocycles. The van der Waals surface area contributed by atoms with Crippen molar-refractivity contribution in [3.8, 4) is 11.5 Å². The molecule has 0 saturated heterocycles. The highest BCUT2D eigenvalue weighted by Crippen LogP contribution is 2.37. The van der Waals surface area contributed by atoms with Crippen LogP contribution in [0, 0.1) is 0 Å². The third-order valence-electron chi connectivity index (χ3n) is 7.87. The van der Waals surface area contributed by atoms with E-state index in [9.17, 15) is 9.59 Å². The van der Waals surface area contributed by atoms with Gasteiger partial charge in [-0.15, -0.1) is 0 Å². The van der Waals surface area contributed by atoms with E-state index in [1.807, 2.05) is 72.8 Å². The first-order valence-electron chi connectivity index (χ1n) is 15.9. The van der Waals surface area contributed by atoms with Gasteiger partial charge in [-0.3, -0.25) is 9.59 Å². The van der Waals surface area contributed by atoms with Crippen molar-refractivity contribution in [2.45, 2.75) is 65.2 Å². The minimum atomic E-state index is -0.180. The Bertz CT molecular complexity index is 1440. The quantitative estimate of drug-likeness (QED) is 0.111. The molecule has 4 aromatic rings. The third kappa shape index (κ3) is 7.49. The van der Waals surface area contributed by atoms with Crippen LogP contribution in [0.25, 0.3) is 0 Å². The van der Waals surface area contributed by atoms with Crippen LogP contribution in [0.3, 0.4) is 0 Å². The molecule has 1 aliphatic carbocycles. The van der Waals surface area contributed by atoms with Gasteiger partial charge in [-0.1, -0.05) is 76.6 Å². The number of hydrogen-bond acceptors (Lipinski definition) is 6. The standard InChI is InChI=1S/C38H42N2O4/c1-3-5-7-9-25-43-29-21-17-27(18-22-29)39-33-15-11-13-31-35(33)37(41)32-14-12-16-34(36(32)38(31)42)40-28-19-23-30(24-20-28)44-26-10-8-6-4-2/h11-24,39-40H,3-10,25-26H2,1-2H3. The molecule has 0 unspecified atom stereocenters. The molecular formula is C38H42N2O4. The lowest BCUT2D eigenvalue weighted by atomic mass is 9.82. The van der Waals surface area contributed by atoms with E-state index in [-0.39, 0.29) is 11.6 Å². The van der Waals surface area contributed by atoms with E-state index in [1.54, 1.807) is 12.1 Å². The van der Waals surface area contributed by atoms with Gasteiger partial charge in [0, 0.05) is 22.5 Å². The van der Waals surface area contributed by atoms with E-state index >= 15 is 0 Å². The van der Waals surface area contributed by atoms with E-state index in [1.165, 1.54) is 38.5 Å². The van der Waals surface area contributed by atoms with E-state index in [0.717, 1.165) is 35.7 Å². The minimum absolute atomic E-state index is 0.180. The fraction of sp³-hybridized carbons (Fsp3) is 0.316. The maximum atomic E-state index is 13.9. The first-order chi connectivity index (χ1) is 21.6. The van der Waals surface area contributed by atoms with Crippen molar-refractivity contribution in [3.63, 3.8) is 0 Å². The molecule has 0 aliphatic heterocycles. The van der Waals surface area contributed by atoms with Crippen molar-refractivity contribution in [2.75, 3.05) is 23.8 Å². The second-order valence-electron chi connectivity index (χ2n) is 11.2. The monoisotopic (exact) mass is 590 g/mol. The molecule has 0 atom stereocenters. The van der Waals surface area contributed by atoms with Crippen LogP contribution in [0.2, 0.25) is 0 Å². The number of anilines is 4. The van der Waals surface area contributed by atoms with Gasteiger partial charge >= 0.3 is 0 Å². The Kier molecular flexibility index (Phi) is 10.7. The first kappa shape index (κ1) is 30.9. The van der Waals surface area contributed by atoms with Gasteiger partial charge in [0.05, 0.1) is 35.7 Å². The molecule has 2 N–H and O–H groups in total. The predicted octanol–water partition coefficient (Wildman–Crippen LogP) is 9.87. The Morgan fingerprint density at radius 2 is 0.909 bits per heavy atom. The molecule has 1 aliphatic rings. The van der Waals surface area contributed by atoms with Crippen LogP contribution in [0.1, 0.15) is 97.1 Å². The van der Waals surface area contributed by atoms with Gasteiger partial charge in [0.2, 0.25) is 0 Å². The molecule has 0 spiro atoms. The molecule has 0 fully saturated rings. The van der Waals surface area contributed by atoms with Gasteiger partial charge in [0.25, 0.3) is 0 Å². The summed E-state index contributed by atoms with van der Waals surface area (Å²) in [6.45, 7) is 5.79. The van der Waals surface area contributed by atoms with Gasteiger partial charge < -0.3 is 20.1 Å². The zero-order valence-electron chi connectivity index (χ0n) is 25.8. The number of hydrogen-bond donors (Lipinski definition) is 2. The molecule has 5 rings (SSSR count). The van der Waals surface area contributed by atoms with Crippen molar-refractivity contribution in [3.05, 3.63) is 107 Å². The molecule has 228 valence electrons. The first-order valence-corrected chi connectivity index (χ1v) is 15.9. The summed E-state index contributed by atoms with van der Waals surface area (Å²) in [5.74, 6) is 1.26. The Balaban J connectivity index is 1.28. The van der Waals surface area contributed by atoms with Crippen LogP contribution in [0.5, 0.6) is 11.5 Å². The van der Waals surface area contributed by atoms with Crippen molar-refractivity contribution in [2.24, 2.45) is 0 Å². The summed E-state index contributed by atoms with van der Waals surface area (Å²) >= 11 is 0. The summed E-state index contributed by atoms with van der Waals surface area (Å²) in [4.78, 5) is 27.7. The number of ether oxygens (including phenoxy) is 2. The largest absolute Gasteiger partial charge is 0.494 e. The predicted molar refractivity (Wildman–Crippen MR) is 178 cm³/mol. The van der Waals surface area contributed by atoms with Crippen molar-refractivity contribution < 1.29 is 19.1 Å². The summed E-state index contributed by atoms with van der Waals surface area (Å²) in [7, 11) is 0. The Morgan fingerprint density at radius 3 is 1.30 bits per heavy atom. The SMILES string of the molecule is CCCCCCOc1ccc(Nc2cccc3c2C(=O)c2cccc(Nc4ccc(OCCCCCC)cc4)c2C3=O)cc1. The number of nitrogens with one attached hydrogen (secondary N) is 2. The molecule has 0 saturated carbocycles. The minimum Gasteiger partial charge on any atom is -0.494 e. The highest BCUT2D eigenvalue weighted by Gasteiger charge is 2.33. The van der Waals surface area contributed by atoms with Gasteiger partial charge in [-0.2, -0.15) is 0 Å². The van der Waals surface area contributed by atoms with Gasteiger partial charge in [0.1, 0.15) is 11.5 Å². The normalized spacial score (nSPS) is 12.0. The molecule has 0 radical (unpaired) electrons. The lowest BCUT2D eigenvalue weighted by molar-refractivity contribution is 0.0980. The molecule has 44 heavy (non-hydrogen) atoms. The molecular weight excluding hydrogens is 548 g/mol. The van der Waals surface area contributed by atoms with Crippen LogP contribution in [0.4, 0.5) is 22.7 Å². The molecule has 0 amide bonds. The van der Waals surface area contributed by atoms with Crippen molar-refractivity contribution in [1.29, 1.82) is 0 Å². The smallest absolute Gasteiger partial charge is 0.196 e. The lowest BCUT2D eigenvalue weighted by Crippen LogP contribution is -2.23. The second-order valence-corrected chi connectivity index (χ2v) is 11.2. The van der Waals surface area contributed by atoms with Gasteiger partial charge in [0.15, 0.2) is 11.6 Å². The summed E-state index contributed by atoms with van der Waals surface area (Å²) in [5, 5.41) is 6.71. The molecule has 4 aromatic carbocycles. The number of fused-ring (bicyclic) bond motifs is 2. The summed E-state index contributed by atoms with van der Waals surface area (Å²) in [5.41, 5.74) is 4.38. The molecule has 0 aromatic heterocycles. The Labute approximate surface area is 260 Å². The number of unbranched alkanes of at least 4 members (excludes halogenated alkanes) is 6. The maximum Gasteiger partial charge on any atom is 0.196 e. The van der Waals surface area contributed by atoms with Crippen LogP contribution in [0.15, 0.2) is 84.9 Å².